The van der Waals surface area contributed by atoms with Crippen molar-refractivity contribution in [2.24, 2.45) is 0 Å². The largest absolute Gasteiger partial charge is 0.488 e. The van der Waals surface area contributed by atoms with E-state index in [0.29, 0.717) is 11.3 Å². The third-order valence-corrected chi connectivity index (χ3v) is 2.01. The van der Waals surface area contributed by atoms with Gasteiger partial charge in [-0.3, -0.25) is 0 Å². The average molecular weight is 247 g/mol. The van der Waals surface area contributed by atoms with Crippen molar-refractivity contribution >= 4 is 15.9 Å². The third-order valence-electron chi connectivity index (χ3n) is 1.55. The number of hydrogen-bond acceptors (Lipinski definition) is 1. The molecular formula is C10H12BrFO. The first kappa shape index (κ1) is 10.5. The quantitative estimate of drug-likeness (QED) is 0.774. The molecule has 1 aromatic rings. The lowest BCUT2D eigenvalue weighted by molar-refractivity contribution is 0.230. The second kappa shape index (κ2) is 4.09. The van der Waals surface area contributed by atoms with Gasteiger partial charge in [0, 0.05) is 4.47 Å². The Hall–Kier alpha value is -0.570. The van der Waals surface area contributed by atoms with Gasteiger partial charge in [-0.15, -0.1) is 0 Å². The summed E-state index contributed by atoms with van der Waals surface area (Å²) < 4.78 is 19.5. The maximum atomic E-state index is 13.4. The van der Waals surface area contributed by atoms with E-state index in [1.165, 1.54) is 0 Å². The van der Waals surface area contributed by atoms with Crippen molar-refractivity contribution in [3.63, 3.8) is 0 Å². The fourth-order valence-electron chi connectivity index (χ4n) is 1.03. The van der Waals surface area contributed by atoms with Crippen molar-refractivity contribution in [3.8, 4) is 5.75 Å². The summed E-state index contributed by atoms with van der Waals surface area (Å²) in [6.07, 6.45) is -0.0109. The highest BCUT2D eigenvalue weighted by atomic mass is 79.9. The molecule has 0 spiro atoms. The van der Waals surface area contributed by atoms with Gasteiger partial charge in [0.2, 0.25) is 0 Å². The van der Waals surface area contributed by atoms with Crippen molar-refractivity contribution in [2.75, 3.05) is 0 Å². The van der Waals surface area contributed by atoms with E-state index < -0.39 is 0 Å². The SMILES string of the molecule is Cc1cc(Br)cc(OC(C)C)c1F. The number of hydrogen-bond donors (Lipinski definition) is 0. The summed E-state index contributed by atoms with van der Waals surface area (Å²) in [5.41, 5.74) is 0.588. The molecule has 0 amide bonds. The van der Waals surface area contributed by atoms with E-state index >= 15 is 0 Å². The molecule has 0 N–H and O–H groups in total. The highest BCUT2D eigenvalue weighted by Crippen LogP contribution is 2.26. The average Bonchev–Trinajstić information content (AvgIpc) is 1.98. The molecule has 1 aromatic carbocycles. The van der Waals surface area contributed by atoms with E-state index in [2.05, 4.69) is 15.9 Å². The highest BCUT2D eigenvalue weighted by Gasteiger charge is 2.09. The minimum absolute atomic E-state index is 0.0109. The van der Waals surface area contributed by atoms with Crippen LogP contribution >= 0.6 is 15.9 Å². The van der Waals surface area contributed by atoms with Gasteiger partial charge in [0.1, 0.15) is 0 Å². The van der Waals surface area contributed by atoms with E-state index in [1.807, 2.05) is 13.8 Å². The van der Waals surface area contributed by atoms with Crippen LogP contribution in [0.15, 0.2) is 16.6 Å². The van der Waals surface area contributed by atoms with Crippen LogP contribution in [0, 0.1) is 12.7 Å². The summed E-state index contributed by atoms with van der Waals surface area (Å²) >= 11 is 3.29. The Balaban J connectivity index is 3.05. The lowest BCUT2D eigenvalue weighted by Crippen LogP contribution is -2.07. The number of aryl methyl sites for hydroxylation is 1. The summed E-state index contributed by atoms with van der Waals surface area (Å²) in [6.45, 7) is 5.46. The Bertz CT molecular complexity index is 310. The molecule has 0 atom stereocenters. The summed E-state index contributed by atoms with van der Waals surface area (Å²) in [7, 11) is 0. The van der Waals surface area contributed by atoms with Gasteiger partial charge in [-0.05, 0) is 38.5 Å². The van der Waals surface area contributed by atoms with E-state index in [1.54, 1.807) is 19.1 Å². The number of benzene rings is 1. The van der Waals surface area contributed by atoms with Crippen LogP contribution in [-0.4, -0.2) is 6.10 Å². The monoisotopic (exact) mass is 246 g/mol. The number of rotatable bonds is 2. The normalized spacial score (nSPS) is 10.6. The molecule has 13 heavy (non-hydrogen) atoms. The number of halogens is 2. The minimum atomic E-state index is -0.281. The molecule has 1 rings (SSSR count). The molecule has 0 radical (unpaired) electrons. The zero-order valence-corrected chi connectivity index (χ0v) is 9.48. The first-order valence-corrected chi connectivity index (χ1v) is 4.92. The van der Waals surface area contributed by atoms with Crippen LogP contribution in [0.5, 0.6) is 5.75 Å². The van der Waals surface area contributed by atoms with Crippen LogP contribution in [0.3, 0.4) is 0 Å². The van der Waals surface area contributed by atoms with Gasteiger partial charge in [-0.2, -0.15) is 0 Å². The highest BCUT2D eigenvalue weighted by molar-refractivity contribution is 9.10. The second-order valence-corrected chi connectivity index (χ2v) is 4.12. The summed E-state index contributed by atoms with van der Waals surface area (Å²) in [4.78, 5) is 0. The van der Waals surface area contributed by atoms with Crippen molar-refractivity contribution < 1.29 is 9.13 Å². The van der Waals surface area contributed by atoms with Gasteiger partial charge < -0.3 is 4.74 Å². The predicted octanol–water partition coefficient (Wildman–Crippen LogP) is 3.68. The van der Waals surface area contributed by atoms with Gasteiger partial charge in [-0.25, -0.2) is 4.39 Å². The van der Waals surface area contributed by atoms with E-state index in [4.69, 9.17) is 4.74 Å². The zero-order valence-electron chi connectivity index (χ0n) is 7.90. The Morgan fingerprint density at radius 1 is 1.38 bits per heavy atom. The van der Waals surface area contributed by atoms with Gasteiger partial charge in [0.05, 0.1) is 6.10 Å². The van der Waals surface area contributed by atoms with Gasteiger partial charge in [-0.1, -0.05) is 15.9 Å². The molecule has 72 valence electrons. The molecule has 0 aliphatic heterocycles. The summed E-state index contributed by atoms with van der Waals surface area (Å²) in [5.74, 6) is 0.0266. The topological polar surface area (TPSA) is 9.23 Å². The van der Waals surface area contributed by atoms with Crippen LogP contribution in [-0.2, 0) is 0 Å². The molecule has 1 nitrogen and oxygen atoms in total. The zero-order chi connectivity index (χ0) is 10.0. The third kappa shape index (κ3) is 2.69. The lowest BCUT2D eigenvalue weighted by atomic mass is 10.2. The van der Waals surface area contributed by atoms with Crippen LogP contribution < -0.4 is 4.74 Å². The standard InChI is InChI=1S/C10H12BrFO/c1-6(2)13-9-5-8(11)4-7(3)10(9)12/h4-6H,1-3H3. The van der Waals surface area contributed by atoms with Gasteiger partial charge in [0.25, 0.3) is 0 Å². The summed E-state index contributed by atoms with van der Waals surface area (Å²) in [5, 5.41) is 0. The first-order chi connectivity index (χ1) is 6.00. The Morgan fingerprint density at radius 2 is 2.00 bits per heavy atom. The van der Waals surface area contributed by atoms with Crippen LogP contribution in [0.4, 0.5) is 4.39 Å². The Morgan fingerprint density at radius 3 is 2.54 bits per heavy atom. The summed E-state index contributed by atoms with van der Waals surface area (Å²) in [6, 6.07) is 3.37. The first-order valence-electron chi connectivity index (χ1n) is 4.13. The second-order valence-electron chi connectivity index (χ2n) is 3.20. The molecule has 0 aliphatic carbocycles. The van der Waals surface area contributed by atoms with Crippen molar-refractivity contribution in [2.45, 2.75) is 26.9 Å². The molecule has 3 heteroatoms. The predicted molar refractivity (Wildman–Crippen MR) is 54.6 cm³/mol. The molecule has 0 saturated carbocycles. The fourth-order valence-corrected chi connectivity index (χ4v) is 1.59. The Labute approximate surface area is 86.0 Å². The minimum Gasteiger partial charge on any atom is -0.488 e. The van der Waals surface area contributed by atoms with E-state index in [9.17, 15) is 4.39 Å². The van der Waals surface area contributed by atoms with Crippen LogP contribution in [0.25, 0.3) is 0 Å². The maximum absolute atomic E-state index is 13.4. The van der Waals surface area contributed by atoms with E-state index in [-0.39, 0.29) is 11.9 Å². The smallest absolute Gasteiger partial charge is 0.168 e. The van der Waals surface area contributed by atoms with Gasteiger partial charge in [0.15, 0.2) is 11.6 Å². The van der Waals surface area contributed by atoms with Crippen molar-refractivity contribution in [3.05, 3.63) is 28.0 Å². The molecule has 0 heterocycles. The van der Waals surface area contributed by atoms with Gasteiger partial charge >= 0.3 is 0 Å². The number of ether oxygens (including phenoxy) is 1. The molecule has 0 saturated heterocycles. The molecule has 0 fully saturated rings. The van der Waals surface area contributed by atoms with Crippen LogP contribution in [0.1, 0.15) is 19.4 Å². The molecular weight excluding hydrogens is 235 g/mol. The van der Waals surface area contributed by atoms with Crippen molar-refractivity contribution in [1.82, 2.24) is 0 Å². The molecule has 0 unspecified atom stereocenters. The maximum Gasteiger partial charge on any atom is 0.168 e. The van der Waals surface area contributed by atoms with Crippen molar-refractivity contribution in [1.29, 1.82) is 0 Å². The molecule has 0 aliphatic rings. The Kier molecular flexibility index (Phi) is 3.31. The lowest BCUT2D eigenvalue weighted by Gasteiger charge is -2.12. The van der Waals surface area contributed by atoms with E-state index in [0.717, 1.165) is 4.47 Å². The molecule has 0 aromatic heterocycles. The fraction of sp³-hybridized carbons (Fsp3) is 0.400. The molecule has 0 bridgehead atoms. The van der Waals surface area contributed by atoms with Crippen LogP contribution in [0.2, 0.25) is 0 Å².